The lowest BCUT2D eigenvalue weighted by molar-refractivity contribution is -0.159. The molecule has 2 unspecified atom stereocenters. The molecule has 2 atom stereocenters. The molecule has 4 heterocycles. The van der Waals surface area contributed by atoms with Crippen molar-refractivity contribution < 1.29 is 18.7 Å². The maximum atomic E-state index is 13.7. The number of rotatable bonds is 4. The molecule has 2 aromatic carbocycles. The van der Waals surface area contributed by atoms with E-state index >= 15 is 0 Å². The number of furan rings is 1. The molecular weight excluding hydrogens is 418 g/mol. The fraction of sp³-hybridized carbons (Fsp3) is 0.231. The van der Waals surface area contributed by atoms with Crippen LogP contribution in [-0.2, 0) is 22.6 Å². The van der Waals surface area contributed by atoms with Crippen LogP contribution < -0.4 is 4.74 Å². The van der Waals surface area contributed by atoms with E-state index in [1.165, 1.54) is 0 Å². The second kappa shape index (κ2) is 7.55. The number of ether oxygens (including phenoxy) is 1. The molecule has 166 valence electrons. The first-order chi connectivity index (χ1) is 16.2. The van der Waals surface area contributed by atoms with Crippen molar-refractivity contribution >= 4 is 22.7 Å². The van der Waals surface area contributed by atoms with E-state index in [-0.39, 0.29) is 24.9 Å². The minimum atomic E-state index is -0.595. The third-order valence-electron chi connectivity index (χ3n) is 6.70. The molecule has 0 aliphatic carbocycles. The number of aromatic nitrogens is 1. The number of methoxy groups -OCH3 is 1. The Morgan fingerprint density at radius 2 is 1.88 bits per heavy atom. The normalized spacial score (nSPS) is 20.2. The Hall–Kier alpha value is -4.00. The van der Waals surface area contributed by atoms with Gasteiger partial charge in [-0.2, -0.15) is 0 Å². The standard InChI is InChI=1S/C26H23N3O4/c1-32-22-11-5-3-9-18(22)25-24-19(17-8-2-4-10-20(17)27-24)13-21-26(31)28(15-23(30)29(21)25)14-16-7-6-12-33-16/h2-12,21,25,27H,13-15H2,1H3. The zero-order valence-corrected chi connectivity index (χ0v) is 18.2. The first-order valence-electron chi connectivity index (χ1n) is 11.0. The van der Waals surface area contributed by atoms with Crippen molar-refractivity contribution in [3.8, 4) is 5.75 Å². The van der Waals surface area contributed by atoms with Crippen LogP contribution >= 0.6 is 0 Å². The van der Waals surface area contributed by atoms with Gasteiger partial charge in [-0.05, 0) is 29.8 Å². The largest absolute Gasteiger partial charge is 0.496 e. The van der Waals surface area contributed by atoms with Crippen molar-refractivity contribution in [2.45, 2.75) is 25.0 Å². The van der Waals surface area contributed by atoms with E-state index in [4.69, 9.17) is 9.15 Å². The number of hydrogen-bond acceptors (Lipinski definition) is 4. The summed E-state index contributed by atoms with van der Waals surface area (Å²) in [5.41, 5.74) is 3.87. The van der Waals surface area contributed by atoms with Crippen LogP contribution in [0.4, 0.5) is 0 Å². The van der Waals surface area contributed by atoms with Gasteiger partial charge in [0.2, 0.25) is 11.8 Å². The minimum absolute atomic E-state index is 0.0112. The molecule has 1 N–H and O–H groups in total. The molecule has 6 rings (SSSR count). The molecule has 7 heteroatoms. The van der Waals surface area contributed by atoms with E-state index in [0.29, 0.717) is 17.9 Å². The van der Waals surface area contributed by atoms with Crippen LogP contribution in [0.3, 0.4) is 0 Å². The van der Waals surface area contributed by atoms with Crippen LogP contribution in [0.25, 0.3) is 10.9 Å². The summed E-state index contributed by atoms with van der Waals surface area (Å²) >= 11 is 0. The fourth-order valence-corrected chi connectivity index (χ4v) is 5.26. The van der Waals surface area contributed by atoms with Crippen molar-refractivity contribution in [3.05, 3.63) is 89.5 Å². The predicted octanol–water partition coefficient (Wildman–Crippen LogP) is 3.65. The molecule has 2 aliphatic heterocycles. The maximum absolute atomic E-state index is 13.7. The number of benzene rings is 2. The highest BCUT2D eigenvalue weighted by molar-refractivity contribution is 5.97. The highest BCUT2D eigenvalue weighted by atomic mass is 16.5. The second-order valence-corrected chi connectivity index (χ2v) is 8.50. The summed E-state index contributed by atoms with van der Waals surface area (Å²) in [6.45, 7) is 0.291. The van der Waals surface area contributed by atoms with Crippen molar-refractivity contribution in [2.24, 2.45) is 0 Å². The fourth-order valence-electron chi connectivity index (χ4n) is 5.26. The number of para-hydroxylation sites is 2. The van der Waals surface area contributed by atoms with Crippen LogP contribution in [0.1, 0.15) is 28.6 Å². The molecule has 2 aliphatic rings. The van der Waals surface area contributed by atoms with Crippen LogP contribution in [0, 0.1) is 0 Å². The van der Waals surface area contributed by atoms with Crippen molar-refractivity contribution in [3.63, 3.8) is 0 Å². The Bertz CT molecular complexity index is 1360. The molecule has 4 aromatic rings. The molecule has 0 spiro atoms. The lowest BCUT2D eigenvalue weighted by atomic mass is 9.86. The van der Waals surface area contributed by atoms with E-state index in [1.807, 2.05) is 48.5 Å². The Balaban J connectivity index is 1.51. The summed E-state index contributed by atoms with van der Waals surface area (Å²) in [5.74, 6) is 1.19. The third kappa shape index (κ3) is 3.03. The Labute approximate surface area is 190 Å². The van der Waals surface area contributed by atoms with Crippen molar-refractivity contribution in [2.75, 3.05) is 13.7 Å². The second-order valence-electron chi connectivity index (χ2n) is 8.50. The van der Waals surface area contributed by atoms with Crippen molar-refractivity contribution in [1.82, 2.24) is 14.8 Å². The van der Waals surface area contributed by atoms with Gasteiger partial charge in [0.15, 0.2) is 0 Å². The number of nitrogens with zero attached hydrogens (tertiary/aromatic N) is 2. The smallest absolute Gasteiger partial charge is 0.246 e. The van der Waals surface area contributed by atoms with Crippen LogP contribution in [0.5, 0.6) is 5.75 Å². The Kier molecular flexibility index (Phi) is 4.50. The molecule has 0 radical (unpaired) electrons. The van der Waals surface area contributed by atoms with E-state index in [9.17, 15) is 9.59 Å². The zero-order chi connectivity index (χ0) is 22.5. The van der Waals surface area contributed by atoms with Crippen LogP contribution in [0.2, 0.25) is 0 Å². The monoisotopic (exact) mass is 441 g/mol. The average Bonchev–Trinajstić information content (AvgIpc) is 3.48. The predicted molar refractivity (Wildman–Crippen MR) is 122 cm³/mol. The van der Waals surface area contributed by atoms with Crippen LogP contribution in [0.15, 0.2) is 71.3 Å². The summed E-state index contributed by atoms with van der Waals surface area (Å²) in [6.07, 6.45) is 2.04. The molecule has 0 bridgehead atoms. The van der Waals surface area contributed by atoms with Gasteiger partial charge < -0.3 is 23.9 Å². The molecule has 1 saturated heterocycles. The van der Waals surface area contributed by atoms with Gasteiger partial charge in [0.05, 0.1) is 19.9 Å². The van der Waals surface area contributed by atoms with E-state index in [2.05, 4.69) is 11.1 Å². The highest BCUT2D eigenvalue weighted by Gasteiger charge is 2.48. The van der Waals surface area contributed by atoms with Gasteiger partial charge in [0.25, 0.3) is 0 Å². The average molecular weight is 441 g/mol. The maximum Gasteiger partial charge on any atom is 0.246 e. The molecule has 2 aromatic heterocycles. The molecule has 1 fully saturated rings. The topological polar surface area (TPSA) is 78.8 Å². The van der Waals surface area contributed by atoms with Gasteiger partial charge in [-0.15, -0.1) is 0 Å². The first-order valence-corrected chi connectivity index (χ1v) is 11.0. The summed E-state index contributed by atoms with van der Waals surface area (Å²) in [4.78, 5) is 34.1. The highest BCUT2D eigenvalue weighted by Crippen LogP contribution is 2.44. The summed E-state index contributed by atoms with van der Waals surface area (Å²) in [6, 6.07) is 18.3. The molecule has 7 nitrogen and oxygen atoms in total. The number of fused-ring (bicyclic) bond motifs is 4. The molecule has 33 heavy (non-hydrogen) atoms. The van der Waals surface area contributed by atoms with E-state index < -0.39 is 12.1 Å². The van der Waals surface area contributed by atoms with E-state index in [1.54, 1.807) is 29.2 Å². The number of carbonyl (C=O) groups is 2. The first kappa shape index (κ1) is 19.7. The quantitative estimate of drug-likeness (QED) is 0.524. The molecule has 2 amide bonds. The SMILES string of the molecule is COc1ccccc1C1c2[nH]c3ccccc3c2CC2C(=O)N(Cc3ccco3)CC(=O)N21. The van der Waals surface area contributed by atoms with Gasteiger partial charge in [-0.1, -0.05) is 36.4 Å². The van der Waals surface area contributed by atoms with Crippen molar-refractivity contribution in [1.29, 1.82) is 0 Å². The minimum Gasteiger partial charge on any atom is -0.496 e. The number of aromatic amines is 1. The van der Waals surface area contributed by atoms with E-state index in [0.717, 1.165) is 27.7 Å². The number of nitrogens with one attached hydrogen (secondary N) is 1. The lowest BCUT2D eigenvalue weighted by Crippen LogP contribution is -2.62. The number of amides is 2. The molecule has 0 saturated carbocycles. The van der Waals surface area contributed by atoms with Gasteiger partial charge in [0, 0.05) is 28.6 Å². The number of hydrogen-bond donors (Lipinski definition) is 1. The summed E-state index contributed by atoms with van der Waals surface area (Å²) in [5, 5.41) is 1.08. The van der Waals surface area contributed by atoms with Gasteiger partial charge in [-0.3, -0.25) is 9.59 Å². The van der Waals surface area contributed by atoms with Gasteiger partial charge >= 0.3 is 0 Å². The third-order valence-corrected chi connectivity index (χ3v) is 6.70. The van der Waals surface area contributed by atoms with Gasteiger partial charge in [-0.25, -0.2) is 0 Å². The number of carbonyl (C=O) groups excluding carboxylic acids is 2. The zero-order valence-electron chi connectivity index (χ0n) is 18.2. The summed E-state index contributed by atoms with van der Waals surface area (Å²) < 4.78 is 11.1. The van der Waals surface area contributed by atoms with Crippen LogP contribution in [-0.4, -0.2) is 46.3 Å². The number of H-pyrrole nitrogens is 1. The summed E-state index contributed by atoms with van der Waals surface area (Å²) in [7, 11) is 1.62. The van der Waals surface area contributed by atoms with Gasteiger partial charge in [0.1, 0.15) is 30.1 Å². The Morgan fingerprint density at radius 3 is 2.70 bits per heavy atom. The Morgan fingerprint density at radius 1 is 1.06 bits per heavy atom. The molecular formula is C26H23N3O4. The lowest BCUT2D eigenvalue weighted by Gasteiger charge is -2.47. The number of piperazine rings is 1.